The standard InChI is InChI=1S/C11H12ClFO2/c1-6-7(5-11(15)2-3-11)10(14)8(12)4-9(6)13/h4,14-15H,2-3,5H2,1H3. The molecule has 2 rings (SSSR count). The highest BCUT2D eigenvalue weighted by Gasteiger charge is 2.41. The summed E-state index contributed by atoms with van der Waals surface area (Å²) in [6, 6.07) is 1.09. The summed E-state index contributed by atoms with van der Waals surface area (Å²) in [4.78, 5) is 0. The van der Waals surface area contributed by atoms with Crippen molar-refractivity contribution in [2.45, 2.75) is 31.8 Å². The van der Waals surface area contributed by atoms with E-state index in [2.05, 4.69) is 0 Å². The molecule has 1 aliphatic carbocycles. The smallest absolute Gasteiger partial charge is 0.137 e. The van der Waals surface area contributed by atoms with Crippen LogP contribution in [0.2, 0.25) is 5.02 Å². The molecule has 1 aliphatic rings. The zero-order chi connectivity index (χ0) is 11.2. The lowest BCUT2D eigenvalue weighted by molar-refractivity contribution is 0.149. The first-order valence-electron chi connectivity index (χ1n) is 4.82. The third kappa shape index (κ3) is 1.94. The van der Waals surface area contributed by atoms with Gasteiger partial charge in [0.1, 0.15) is 11.6 Å². The van der Waals surface area contributed by atoms with Crippen molar-refractivity contribution in [3.05, 3.63) is 28.0 Å². The molecule has 0 aliphatic heterocycles. The average Bonchev–Trinajstić information content (AvgIpc) is 2.89. The van der Waals surface area contributed by atoms with Crippen LogP contribution in [0.25, 0.3) is 0 Å². The summed E-state index contributed by atoms with van der Waals surface area (Å²) in [6.07, 6.45) is 1.65. The maximum Gasteiger partial charge on any atom is 0.137 e. The molecule has 0 atom stereocenters. The summed E-state index contributed by atoms with van der Waals surface area (Å²) >= 11 is 5.67. The van der Waals surface area contributed by atoms with Gasteiger partial charge in [-0.2, -0.15) is 0 Å². The summed E-state index contributed by atoms with van der Waals surface area (Å²) in [5, 5.41) is 19.4. The van der Waals surface area contributed by atoms with Crippen LogP contribution >= 0.6 is 11.6 Å². The molecule has 15 heavy (non-hydrogen) atoms. The molecular weight excluding hydrogens is 219 g/mol. The van der Waals surface area contributed by atoms with Crippen molar-refractivity contribution in [3.63, 3.8) is 0 Å². The van der Waals surface area contributed by atoms with Crippen LogP contribution in [-0.2, 0) is 6.42 Å². The van der Waals surface area contributed by atoms with Crippen LogP contribution in [0, 0.1) is 12.7 Å². The van der Waals surface area contributed by atoms with Gasteiger partial charge >= 0.3 is 0 Å². The van der Waals surface area contributed by atoms with E-state index in [0.717, 1.165) is 6.07 Å². The third-order valence-corrected chi connectivity index (χ3v) is 3.20. The monoisotopic (exact) mass is 230 g/mol. The predicted octanol–water partition coefficient (Wildman–Crippen LogP) is 2.56. The fourth-order valence-corrected chi connectivity index (χ4v) is 1.83. The van der Waals surface area contributed by atoms with Gasteiger partial charge < -0.3 is 10.2 Å². The molecule has 1 aromatic rings. The molecule has 0 unspecified atom stereocenters. The van der Waals surface area contributed by atoms with Crippen LogP contribution in [0.1, 0.15) is 24.0 Å². The molecule has 0 aromatic heterocycles. The molecule has 2 nitrogen and oxygen atoms in total. The van der Waals surface area contributed by atoms with E-state index in [-0.39, 0.29) is 17.2 Å². The minimum atomic E-state index is -0.765. The van der Waals surface area contributed by atoms with Gasteiger partial charge in [-0.1, -0.05) is 11.6 Å². The molecule has 0 bridgehead atoms. The summed E-state index contributed by atoms with van der Waals surface area (Å²) in [6.45, 7) is 1.58. The Kier molecular flexibility index (Phi) is 2.40. The minimum absolute atomic E-state index is 0.00245. The third-order valence-electron chi connectivity index (χ3n) is 2.91. The number of halogens is 2. The van der Waals surface area contributed by atoms with Gasteiger partial charge in [0.25, 0.3) is 0 Å². The first kappa shape index (κ1) is 10.7. The molecule has 4 heteroatoms. The first-order valence-corrected chi connectivity index (χ1v) is 5.19. The fourth-order valence-electron chi connectivity index (χ4n) is 1.62. The van der Waals surface area contributed by atoms with Crippen LogP contribution in [0.15, 0.2) is 6.07 Å². The second-order valence-electron chi connectivity index (χ2n) is 4.19. The minimum Gasteiger partial charge on any atom is -0.506 e. The topological polar surface area (TPSA) is 40.5 Å². The highest BCUT2D eigenvalue weighted by Crippen LogP contribution is 2.42. The summed E-state index contributed by atoms with van der Waals surface area (Å²) in [5.74, 6) is -0.562. The van der Waals surface area contributed by atoms with Gasteiger partial charge in [-0.15, -0.1) is 0 Å². The number of phenols is 1. The summed E-state index contributed by atoms with van der Waals surface area (Å²) < 4.78 is 13.3. The average molecular weight is 231 g/mol. The lowest BCUT2D eigenvalue weighted by Crippen LogP contribution is -2.12. The fraction of sp³-hybridized carbons (Fsp3) is 0.455. The van der Waals surface area contributed by atoms with Crippen molar-refractivity contribution >= 4 is 11.6 Å². The van der Waals surface area contributed by atoms with Crippen molar-refractivity contribution in [1.29, 1.82) is 0 Å². The van der Waals surface area contributed by atoms with Gasteiger partial charge in [-0.05, 0) is 31.4 Å². The second kappa shape index (κ2) is 3.35. The van der Waals surface area contributed by atoms with Gasteiger partial charge in [-0.25, -0.2) is 4.39 Å². The van der Waals surface area contributed by atoms with Crippen LogP contribution in [0.4, 0.5) is 4.39 Å². The highest BCUT2D eigenvalue weighted by atomic mass is 35.5. The Labute approximate surface area is 92.3 Å². The Balaban J connectivity index is 2.44. The van der Waals surface area contributed by atoms with Crippen molar-refractivity contribution in [3.8, 4) is 5.75 Å². The SMILES string of the molecule is Cc1c(F)cc(Cl)c(O)c1CC1(O)CC1. The summed E-state index contributed by atoms with van der Waals surface area (Å²) in [7, 11) is 0. The number of hydrogen-bond acceptors (Lipinski definition) is 2. The van der Waals surface area contributed by atoms with Crippen LogP contribution < -0.4 is 0 Å². The largest absolute Gasteiger partial charge is 0.506 e. The molecule has 0 amide bonds. The molecule has 2 N–H and O–H groups in total. The van der Waals surface area contributed by atoms with E-state index in [1.54, 1.807) is 6.92 Å². The zero-order valence-corrected chi connectivity index (χ0v) is 9.10. The normalized spacial score (nSPS) is 17.9. The van der Waals surface area contributed by atoms with Gasteiger partial charge in [-0.3, -0.25) is 0 Å². The van der Waals surface area contributed by atoms with Crippen LogP contribution in [-0.4, -0.2) is 15.8 Å². The maximum atomic E-state index is 13.3. The Morgan fingerprint density at radius 3 is 2.67 bits per heavy atom. The Bertz CT molecular complexity index is 387. The molecule has 82 valence electrons. The molecule has 0 saturated heterocycles. The van der Waals surface area contributed by atoms with Gasteiger partial charge in [0.15, 0.2) is 0 Å². The van der Waals surface area contributed by atoms with Crippen molar-refractivity contribution < 1.29 is 14.6 Å². The Morgan fingerprint density at radius 1 is 1.53 bits per heavy atom. The second-order valence-corrected chi connectivity index (χ2v) is 4.60. The van der Waals surface area contributed by atoms with E-state index in [1.807, 2.05) is 0 Å². The van der Waals surface area contributed by atoms with E-state index in [9.17, 15) is 14.6 Å². The molecular formula is C11H12ClFO2. The molecule has 1 aromatic carbocycles. The number of aromatic hydroxyl groups is 1. The van der Waals surface area contributed by atoms with E-state index in [0.29, 0.717) is 24.0 Å². The number of aliphatic hydroxyl groups is 1. The van der Waals surface area contributed by atoms with E-state index in [1.165, 1.54) is 0 Å². The number of phenolic OH excluding ortho intramolecular Hbond substituents is 1. The van der Waals surface area contributed by atoms with E-state index >= 15 is 0 Å². The Morgan fingerprint density at radius 2 is 2.13 bits per heavy atom. The number of benzene rings is 1. The molecule has 0 radical (unpaired) electrons. The summed E-state index contributed by atoms with van der Waals surface area (Å²) in [5.41, 5.74) is 0.0107. The molecule has 0 spiro atoms. The van der Waals surface area contributed by atoms with Crippen LogP contribution in [0.5, 0.6) is 5.75 Å². The maximum absolute atomic E-state index is 13.3. The Hall–Kier alpha value is -0.800. The van der Waals surface area contributed by atoms with E-state index in [4.69, 9.17) is 11.6 Å². The predicted molar refractivity (Wildman–Crippen MR) is 55.7 cm³/mol. The van der Waals surface area contributed by atoms with Gasteiger partial charge in [0, 0.05) is 12.0 Å². The zero-order valence-electron chi connectivity index (χ0n) is 8.35. The molecule has 1 saturated carbocycles. The van der Waals surface area contributed by atoms with Crippen molar-refractivity contribution in [2.24, 2.45) is 0 Å². The van der Waals surface area contributed by atoms with Crippen molar-refractivity contribution in [2.75, 3.05) is 0 Å². The lowest BCUT2D eigenvalue weighted by Gasteiger charge is -2.14. The quantitative estimate of drug-likeness (QED) is 0.820. The number of hydrogen-bond donors (Lipinski definition) is 2. The molecule has 1 fully saturated rings. The van der Waals surface area contributed by atoms with E-state index < -0.39 is 11.4 Å². The van der Waals surface area contributed by atoms with Crippen LogP contribution in [0.3, 0.4) is 0 Å². The first-order chi connectivity index (χ1) is 6.93. The highest BCUT2D eigenvalue weighted by molar-refractivity contribution is 6.32. The van der Waals surface area contributed by atoms with Gasteiger partial charge in [0.05, 0.1) is 10.6 Å². The van der Waals surface area contributed by atoms with Gasteiger partial charge in [0.2, 0.25) is 0 Å². The lowest BCUT2D eigenvalue weighted by atomic mass is 9.99. The molecule has 0 heterocycles. The number of rotatable bonds is 2. The van der Waals surface area contributed by atoms with Crippen molar-refractivity contribution in [1.82, 2.24) is 0 Å².